The van der Waals surface area contributed by atoms with E-state index >= 15 is 0 Å². The fraction of sp³-hybridized carbons (Fsp3) is 0. The number of carbonyl (C=O) groups is 2. The fourth-order valence-electron chi connectivity index (χ4n) is 2.30. The summed E-state index contributed by atoms with van der Waals surface area (Å²) in [7, 11) is 0. The second-order valence-electron chi connectivity index (χ2n) is 5.09. The minimum absolute atomic E-state index is 0.156. The van der Waals surface area contributed by atoms with Gasteiger partial charge in [0.15, 0.2) is 0 Å². The van der Waals surface area contributed by atoms with Gasteiger partial charge in [0.2, 0.25) is 5.88 Å². The maximum Gasteiger partial charge on any atom is 0.254 e. The summed E-state index contributed by atoms with van der Waals surface area (Å²) in [6.45, 7) is 0. The minimum Gasteiger partial charge on any atom is -0.438 e. The summed E-state index contributed by atoms with van der Waals surface area (Å²) >= 11 is 0. The molecule has 2 N–H and O–H groups in total. The van der Waals surface area contributed by atoms with Crippen molar-refractivity contribution < 1.29 is 14.3 Å². The average molecular weight is 318 g/mol. The number of rotatable bonds is 5. The maximum absolute atomic E-state index is 11.4. The number of amides is 1. The Bertz CT molecular complexity index is 906. The van der Waals surface area contributed by atoms with Crippen LogP contribution in [0.5, 0.6) is 11.6 Å². The van der Waals surface area contributed by atoms with Crippen molar-refractivity contribution in [3.8, 4) is 22.8 Å². The largest absolute Gasteiger partial charge is 0.438 e. The summed E-state index contributed by atoms with van der Waals surface area (Å²) < 4.78 is 5.71. The zero-order chi connectivity index (χ0) is 16.9. The van der Waals surface area contributed by atoms with Gasteiger partial charge in [-0.3, -0.25) is 9.59 Å². The van der Waals surface area contributed by atoms with Crippen molar-refractivity contribution >= 4 is 12.2 Å². The van der Waals surface area contributed by atoms with E-state index in [0.717, 1.165) is 17.4 Å². The van der Waals surface area contributed by atoms with E-state index in [4.69, 9.17) is 10.5 Å². The summed E-state index contributed by atoms with van der Waals surface area (Å²) in [5.41, 5.74) is 7.91. The van der Waals surface area contributed by atoms with E-state index in [9.17, 15) is 9.59 Å². The summed E-state index contributed by atoms with van der Waals surface area (Å²) in [6, 6.07) is 17.7. The quantitative estimate of drug-likeness (QED) is 0.730. The van der Waals surface area contributed by atoms with Crippen LogP contribution in [-0.4, -0.2) is 17.2 Å². The van der Waals surface area contributed by atoms with Crippen LogP contribution < -0.4 is 10.5 Å². The smallest absolute Gasteiger partial charge is 0.254 e. The molecule has 2 aromatic carbocycles. The van der Waals surface area contributed by atoms with Crippen LogP contribution in [0.25, 0.3) is 11.1 Å². The molecule has 1 amide bonds. The van der Waals surface area contributed by atoms with E-state index in [2.05, 4.69) is 4.98 Å². The van der Waals surface area contributed by atoms with Gasteiger partial charge in [0, 0.05) is 11.8 Å². The standard InChI is InChI=1S/C19H14N2O3/c20-18(23)17-8-3-9-21-19(17)24-16-7-2-6-15(11-16)14-5-1-4-13(10-14)12-22/h1-12H,(H2,20,23). The molecule has 3 aromatic rings. The van der Waals surface area contributed by atoms with Gasteiger partial charge in [-0.25, -0.2) is 4.98 Å². The highest BCUT2D eigenvalue weighted by molar-refractivity contribution is 5.95. The Balaban J connectivity index is 1.94. The third kappa shape index (κ3) is 3.30. The Labute approximate surface area is 138 Å². The van der Waals surface area contributed by atoms with Crippen LogP contribution in [0.2, 0.25) is 0 Å². The van der Waals surface area contributed by atoms with Crippen LogP contribution in [0.3, 0.4) is 0 Å². The van der Waals surface area contributed by atoms with Crippen LogP contribution in [-0.2, 0) is 0 Å². The SMILES string of the molecule is NC(=O)c1cccnc1Oc1cccc(-c2cccc(C=O)c2)c1. The number of nitrogens with zero attached hydrogens (tertiary/aromatic N) is 1. The van der Waals surface area contributed by atoms with Crippen LogP contribution in [0.1, 0.15) is 20.7 Å². The number of hydrogen-bond donors (Lipinski definition) is 1. The Hall–Kier alpha value is -3.47. The molecular formula is C19H14N2O3. The van der Waals surface area contributed by atoms with Crippen molar-refractivity contribution in [3.63, 3.8) is 0 Å². The van der Waals surface area contributed by atoms with Crippen molar-refractivity contribution in [2.24, 2.45) is 5.73 Å². The van der Waals surface area contributed by atoms with E-state index in [-0.39, 0.29) is 11.4 Å². The Morgan fingerprint density at radius 2 is 1.75 bits per heavy atom. The first-order valence-electron chi connectivity index (χ1n) is 7.26. The fourth-order valence-corrected chi connectivity index (χ4v) is 2.30. The van der Waals surface area contributed by atoms with E-state index in [0.29, 0.717) is 11.3 Å². The summed E-state index contributed by atoms with van der Waals surface area (Å²) in [4.78, 5) is 26.4. The first-order chi connectivity index (χ1) is 11.7. The number of hydrogen-bond acceptors (Lipinski definition) is 4. The number of aromatic nitrogens is 1. The van der Waals surface area contributed by atoms with Gasteiger partial charge < -0.3 is 10.5 Å². The Morgan fingerprint density at radius 3 is 2.50 bits per heavy atom. The lowest BCUT2D eigenvalue weighted by atomic mass is 10.0. The molecule has 1 heterocycles. The lowest BCUT2D eigenvalue weighted by molar-refractivity contribution is 0.0997. The van der Waals surface area contributed by atoms with Crippen LogP contribution in [0, 0.1) is 0 Å². The minimum atomic E-state index is -0.604. The van der Waals surface area contributed by atoms with Crippen molar-refractivity contribution in [1.29, 1.82) is 0 Å². The summed E-state index contributed by atoms with van der Waals surface area (Å²) in [5.74, 6) is 0.0712. The van der Waals surface area contributed by atoms with Gasteiger partial charge in [0.25, 0.3) is 5.91 Å². The van der Waals surface area contributed by atoms with Crippen LogP contribution >= 0.6 is 0 Å². The average Bonchev–Trinajstić information content (AvgIpc) is 2.62. The van der Waals surface area contributed by atoms with Gasteiger partial charge >= 0.3 is 0 Å². The van der Waals surface area contributed by atoms with Crippen molar-refractivity contribution in [2.45, 2.75) is 0 Å². The predicted octanol–water partition coefficient (Wildman–Crippen LogP) is 3.45. The number of carbonyl (C=O) groups excluding carboxylic acids is 2. The van der Waals surface area contributed by atoms with E-state index in [1.165, 1.54) is 6.20 Å². The molecule has 1 aromatic heterocycles. The molecule has 0 spiro atoms. The molecule has 0 atom stereocenters. The van der Waals surface area contributed by atoms with Gasteiger partial charge in [-0.1, -0.05) is 30.3 Å². The molecule has 0 aliphatic rings. The van der Waals surface area contributed by atoms with E-state index in [1.54, 1.807) is 30.3 Å². The molecule has 0 saturated heterocycles. The number of benzene rings is 2. The monoisotopic (exact) mass is 318 g/mol. The number of nitrogens with two attached hydrogens (primary N) is 1. The molecular weight excluding hydrogens is 304 g/mol. The lowest BCUT2D eigenvalue weighted by Crippen LogP contribution is -2.12. The second-order valence-corrected chi connectivity index (χ2v) is 5.09. The van der Waals surface area contributed by atoms with Gasteiger partial charge in [-0.2, -0.15) is 0 Å². The van der Waals surface area contributed by atoms with E-state index < -0.39 is 5.91 Å². The molecule has 24 heavy (non-hydrogen) atoms. The highest BCUT2D eigenvalue weighted by atomic mass is 16.5. The first-order valence-corrected chi connectivity index (χ1v) is 7.26. The predicted molar refractivity (Wildman–Crippen MR) is 90.1 cm³/mol. The first kappa shape index (κ1) is 15.4. The molecule has 0 unspecified atom stereocenters. The van der Waals surface area contributed by atoms with Crippen molar-refractivity contribution in [1.82, 2.24) is 4.98 Å². The molecule has 0 bridgehead atoms. The third-order valence-corrected chi connectivity index (χ3v) is 3.44. The number of pyridine rings is 1. The Kier molecular flexibility index (Phi) is 4.34. The maximum atomic E-state index is 11.4. The van der Waals surface area contributed by atoms with Gasteiger partial charge in [-0.15, -0.1) is 0 Å². The molecule has 5 nitrogen and oxygen atoms in total. The molecule has 0 radical (unpaired) electrons. The van der Waals surface area contributed by atoms with Crippen LogP contribution in [0.4, 0.5) is 0 Å². The molecule has 0 saturated carbocycles. The summed E-state index contributed by atoms with van der Waals surface area (Å²) in [6.07, 6.45) is 2.33. The van der Waals surface area contributed by atoms with E-state index in [1.807, 2.05) is 30.3 Å². The molecule has 118 valence electrons. The summed E-state index contributed by atoms with van der Waals surface area (Å²) in [5, 5.41) is 0. The molecule has 0 aliphatic carbocycles. The molecule has 3 rings (SSSR count). The second kappa shape index (κ2) is 6.75. The number of aldehydes is 1. The zero-order valence-corrected chi connectivity index (χ0v) is 12.7. The number of ether oxygens (including phenoxy) is 1. The van der Waals surface area contributed by atoms with Crippen LogP contribution in [0.15, 0.2) is 66.9 Å². The number of primary amides is 1. The molecule has 5 heteroatoms. The Morgan fingerprint density at radius 1 is 1.00 bits per heavy atom. The van der Waals surface area contributed by atoms with Gasteiger partial charge in [0.1, 0.15) is 17.6 Å². The zero-order valence-electron chi connectivity index (χ0n) is 12.7. The molecule has 0 fully saturated rings. The third-order valence-electron chi connectivity index (χ3n) is 3.44. The van der Waals surface area contributed by atoms with Crippen molar-refractivity contribution in [3.05, 3.63) is 78.0 Å². The van der Waals surface area contributed by atoms with Gasteiger partial charge in [0.05, 0.1) is 0 Å². The highest BCUT2D eigenvalue weighted by Crippen LogP contribution is 2.28. The normalized spacial score (nSPS) is 10.2. The lowest BCUT2D eigenvalue weighted by Gasteiger charge is -2.09. The van der Waals surface area contributed by atoms with Crippen molar-refractivity contribution in [2.75, 3.05) is 0 Å². The molecule has 0 aliphatic heterocycles. The van der Waals surface area contributed by atoms with Gasteiger partial charge in [-0.05, 0) is 41.5 Å². The highest BCUT2D eigenvalue weighted by Gasteiger charge is 2.11. The topological polar surface area (TPSA) is 82.3 Å².